The topological polar surface area (TPSA) is 97.5 Å². The number of carbonyl (C=O) groups is 1. The number of hydrogen-bond acceptors (Lipinski definition) is 4. The van der Waals surface area contributed by atoms with Crippen LogP contribution in [0.25, 0.3) is 10.8 Å². The molecule has 1 saturated carbocycles. The standard InChI is InChI=1S/C18H21NO4S/c19-17(13-8-10-14(11-9-13)18(20)21)24(22,23)16-7-3-5-12-4-1-2-6-15(12)16/h1-7,13-14,17H,8-11,19H2,(H,20,21)/t13-,14-,17?. The molecule has 0 heterocycles. The van der Waals surface area contributed by atoms with Crippen LogP contribution in [0.3, 0.4) is 0 Å². The Morgan fingerprint density at radius 3 is 2.33 bits per heavy atom. The van der Waals surface area contributed by atoms with E-state index in [0.717, 1.165) is 5.39 Å². The van der Waals surface area contributed by atoms with Crippen molar-refractivity contribution in [2.75, 3.05) is 0 Å². The summed E-state index contributed by atoms with van der Waals surface area (Å²) in [4.78, 5) is 11.3. The molecule has 1 aliphatic carbocycles. The van der Waals surface area contributed by atoms with Gasteiger partial charge in [-0.1, -0.05) is 36.4 Å². The van der Waals surface area contributed by atoms with E-state index in [4.69, 9.17) is 10.8 Å². The maximum Gasteiger partial charge on any atom is 0.306 e. The van der Waals surface area contributed by atoms with Crippen LogP contribution in [0.5, 0.6) is 0 Å². The van der Waals surface area contributed by atoms with Crippen LogP contribution in [0.15, 0.2) is 47.4 Å². The number of rotatable bonds is 4. The van der Waals surface area contributed by atoms with Crippen molar-refractivity contribution in [3.05, 3.63) is 42.5 Å². The van der Waals surface area contributed by atoms with Crippen molar-refractivity contribution in [1.82, 2.24) is 0 Å². The molecule has 1 unspecified atom stereocenters. The molecule has 2 aromatic carbocycles. The molecule has 0 aromatic heterocycles. The van der Waals surface area contributed by atoms with Gasteiger partial charge in [0.15, 0.2) is 9.84 Å². The van der Waals surface area contributed by atoms with Crippen molar-refractivity contribution in [1.29, 1.82) is 0 Å². The zero-order valence-electron chi connectivity index (χ0n) is 13.3. The largest absolute Gasteiger partial charge is 0.481 e. The Labute approximate surface area is 141 Å². The molecule has 2 aromatic rings. The molecule has 3 rings (SSSR count). The predicted octanol–water partition coefficient (Wildman–Crippen LogP) is 2.79. The van der Waals surface area contributed by atoms with Crippen LogP contribution < -0.4 is 5.73 Å². The summed E-state index contributed by atoms with van der Waals surface area (Å²) in [6, 6.07) is 12.5. The lowest BCUT2D eigenvalue weighted by Gasteiger charge is -2.30. The quantitative estimate of drug-likeness (QED) is 0.886. The second-order valence-corrected chi connectivity index (χ2v) is 8.51. The van der Waals surface area contributed by atoms with Gasteiger partial charge in [-0.25, -0.2) is 8.42 Å². The number of nitrogens with two attached hydrogens (primary N) is 1. The number of carboxylic acids is 1. The van der Waals surface area contributed by atoms with Crippen LogP contribution in [0.2, 0.25) is 0 Å². The maximum absolute atomic E-state index is 13.0. The minimum absolute atomic E-state index is 0.204. The van der Waals surface area contributed by atoms with Gasteiger partial charge in [0.05, 0.1) is 10.8 Å². The predicted molar refractivity (Wildman–Crippen MR) is 92.2 cm³/mol. The molecular formula is C18H21NO4S. The van der Waals surface area contributed by atoms with Crippen LogP contribution in [-0.4, -0.2) is 24.9 Å². The van der Waals surface area contributed by atoms with E-state index >= 15 is 0 Å². The van der Waals surface area contributed by atoms with Gasteiger partial charge in [-0.15, -0.1) is 0 Å². The summed E-state index contributed by atoms with van der Waals surface area (Å²) in [7, 11) is -3.67. The molecule has 0 saturated heterocycles. The Morgan fingerprint density at radius 2 is 1.67 bits per heavy atom. The lowest BCUT2D eigenvalue weighted by Crippen LogP contribution is -2.40. The lowest BCUT2D eigenvalue weighted by atomic mass is 9.82. The van der Waals surface area contributed by atoms with Gasteiger partial charge in [-0.05, 0) is 43.1 Å². The third-order valence-electron chi connectivity index (χ3n) is 5.00. The number of aliphatic carboxylic acids is 1. The van der Waals surface area contributed by atoms with E-state index in [9.17, 15) is 13.2 Å². The van der Waals surface area contributed by atoms with E-state index in [0.29, 0.717) is 31.1 Å². The van der Waals surface area contributed by atoms with Crippen molar-refractivity contribution < 1.29 is 18.3 Å². The Kier molecular flexibility index (Phi) is 4.60. The summed E-state index contributed by atoms with van der Waals surface area (Å²) in [6.07, 6.45) is 2.03. The summed E-state index contributed by atoms with van der Waals surface area (Å²) >= 11 is 0. The monoisotopic (exact) mass is 347 g/mol. The first kappa shape index (κ1) is 16.9. The van der Waals surface area contributed by atoms with Crippen LogP contribution in [0, 0.1) is 11.8 Å². The zero-order valence-corrected chi connectivity index (χ0v) is 14.1. The lowest BCUT2D eigenvalue weighted by molar-refractivity contribution is -0.143. The van der Waals surface area contributed by atoms with Crippen molar-refractivity contribution in [3.63, 3.8) is 0 Å². The second kappa shape index (κ2) is 6.53. The fourth-order valence-electron chi connectivity index (χ4n) is 3.54. The van der Waals surface area contributed by atoms with Gasteiger partial charge in [-0.3, -0.25) is 4.79 Å². The molecular weight excluding hydrogens is 326 g/mol. The fraction of sp³-hybridized carbons (Fsp3) is 0.389. The van der Waals surface area contributed by atoms with Gasteiger partial charge in [0.2, 0.25) is 0 Å². The molecule has 5 nitrogen and oxygen atoms in total. The van der Waals surface area contributed by atoms with Crippen molar-refractivity contribution >= 4 is 26.6 Å². The molecule has 0 spiro atoms. The minimum Gasteiger partial charge on any atom is -0.481 e. The average molecular weight is 347 g/mol. The summed E-state index contributed by atoms with van der Waals surface area (Å²) in [5.41, 5.74) is 6.14. The highest BCUT2D eigenvalue weighted by Gasteiger charge is 2.36. The number of carboxylic acid groups (broad SMARTS) is 1. The highest BCUT2D eigenvalue weighted by molar-refractivity contribution is 7.92. The van der Waals surface area contributed by atoms with Crippen LogP contribution in [-0.2, 0) is 14.6 Å². The summed E-state index contributed by atoms with van der Waals surface area (Å²) in [5.74, 6) is -1.39. The highest BCUT2D eigenvalue weighted by atomic mass is 32.2. The normalized spacial score (nSPS) is 23.0. The number of fused-ring (bicyclic) bond motifs is 1. The molecule has 128 valence electrons. The first-order valence-corrected chi connectivity index (χ1v) is 9.66. The SMILES string of the molecule is NC([C@H]1CC[C@H](C(=O)O)CC1)S(=O)(=O)c1cccc2ccccc12. The van der Waals surface area contributed by atoms with E-state index in [-0.39, 0.29) is 16.7 Å². The van der Waals surface area contributed by atoms with E-state index in [1.807, 2.05) is 24.3 Å². The Hall–Kier alpha value is -1.92. The van der Waals surface area contributed by atoms with Crippen molar-refractivity contribution in [3.8, 4) is 0 Å². The average Bonchev–Trinajstić information content (AvgIpc) is 2.60. The highest BCUT2D eigenvalue weighted by Crippen LogP contribution is 2.35. The molecule has 0 radical (unpaired) electrons. The van der Waals surface area contributed by atoms with Crippen molar-refractivity contribution in [2.24, 2.45) is 17.6 Å². The van der Waals surface area contributed by atoms with E-state index < -0.39 is 21.2 Å². The maximum atomic E-state index is 13.0. The van der Waals surface area contributed by atoms with Gasteiger partial charge in [0.1, 0.15) is 5.37 Å². The first-order valence-electron chi connectivity index (χ1n) is 8.11. The number of benzene rings is 2. The molecule has 1 atom stereocenters. The number of sulfone groups is 1. The molecule has 0 amide bonds. The van der Waals surface area contributed by atoms with E-state index in [1.54, 1.807) is 18.2 Å². The summed E-state index contributed by atoms with van der Waals surface area (Å²) in [5, 5.41) is 9.61. The number of hydrogen-bond donors (Lipinski definition) is 2. The van der Waals surface area contributed by atoms with E-state index in [2.05, 4.69) is 0 Å². The van der Waals surface area contributed by atoms with Gasteiger partial charge >= 0.3 is 5.97 Å². The smallest absolute Gasteiger partial charge is 0.306 e. The second-order valence-electron chi connectivity index (χ2n) is 6.44. The molecule has 1 fully saturated rings. The van der Waals surface area contributed by atoms with Crippen LogP contribution in [0.1, 0.15) is 25.7 Å². The van der Waals surface area contributed by atoms with Gasteiger partial charge in [0, 0.05) is 5.39 Å². The summed E-state index contributed by atoms with van der Waals surface area (Å²) in [6.45, 7) is 0. The summed E-state index contributed by atoms with van der Waals surface area (Å²) < 4.78 is 26.0. The Balaban J connectivity index is 1.89. The third kappa shape index (κ3) is 3.03. The Bertz CT molecular complexity index is 849. The van der Waals surface area contributed by atoms with Crippen molar-refractivity contribution in [2.45, 2.75) is 36.0 Å². The van der Waals surface area contributed by atoms with Gasteiger partial charge in [0.25, 0.3) is 0 Å². The zero-order chi connectivity index (χ0) is 17.3. The fourth-order valence-corrected chi connectivity index (χ4v) is 5.37. The molecule has 6 heteroatoms. The Morgan fingerprint density at radius 1 is 1.04 bits per heavy atom. The van der Waals surface area contributed by atoms with Gasteiger partial charge < -0.3 is 10.8 Å². The molecule has 3 N–H and O–H groups in total. The minimum atomic E-state index is -3.67. The third-order valence-corrected chi connectivity index (χ3v) is 7.07. The molecule has 0 aliphatic heterocycles. The molecule has 0 bridgehead atoms. The van der Waals surface area contributed by atoms with Crippen LogP contribution >= 0.6 is 0 Å². The van der Waals surface area contributed by atoms with Crippen LogP contribution in [0.4, 0.5) is 0 Å². The molecule has 1 aliphatic rings. The first-order chi connectivity index (χ1) is 11.4. The molecule has 24 heavy (non-hydrogen) atoms. The van der Waals surface area contributed by atoms with Gasteiger partial charge in [-0.2, -0.15) is 0 Å². The van der Waals surface area contributed by atoms with E-state index in [1.165, 1.54) is 0 Å².